The minimum atomic E-state index is -0.395. The number of amides is 1. The number of rotatable bonds is 1. The van der Waals surface area contributed by atoms with Crippen molar-refractivity contribution >= 4 is 6.09 Å². The number of carbonyl (C=O) groups is 1. The molecule has 1 fully saturated rings. The van der Waals surface area contributed by atoms with E-state index in [4.69, 9.17) is 10.00 Å². The van der Waals surface area contributed by atoms with E-state index in [2.05, 4.69) is 11.4 Å². The van der Waals surface area contributed by atoms with Crippen molar-refractivity contribution in [3.05, 3.63) is 35.4 Å². The number of carbonyl (C=O) groups excluding carboxylic acids is 1. The van der Waals surface area contributed by atoms with Crippen molar-refractivity contribution in [2.24, 2.45) is 0 Å². The topological polar surface area (TPSA) is 62.1 Å². The molecule has 0 radical (unpaired) electrons. The average molecular weight is 202 g/mol. The summed E-state index contributed by atoms with van der Waals surface area (Å²) in [7, 11) is 0. The summed E-state index contributed by atoms with van der Waals surface area (Å²) in [5.74, 6) is 0. The van der Waals surface area contributed by atoms with Crippen molar-refractivity contribution in [1.29, 1.82) is 5.26 Å². The number of nitriles is 1. The van der Waals surface area contributed by atoms with Crippen LogP contribution in [-0.4, -0.2) is 12.7 Å². The third-order valence-corrected chi connectivity index (χ3v) is 2.35. The van der Waals surface area contributed by atoms with Gasteiger partial charge in [0.25, 0.3) is 0 Å². The third kappa shape index (κ3) is 2.08. The highest BCUT2D eigenvalue weighted by atomic mass is 16.5. The molecule has 0 saturated carbocycles. The quantitative estimate of drug-likeness (QED) is 0.754. The van der Waals surface area contributed by atoms with Crippen LogP contribution in [0.1, 0.15) is 23.6 Å². The summed E-state index contributed by atoms with van der Waals surface area (Å²) in [5, 5.41) is 11.5. The SMILES string of the molecule is N#Cc1cccc([C@@H]2CCOC(=O)N2)c1. The van der Waals surface area contributed by atoms with Crippen LogP contribution < -0.4 is 5.32 Å². The molecule has 1 atom stereocenters. The zero-order chi connectivity index (χ0) is 10.7. The normalized spacial score (nSPS) is 19.9. The fraction of sp³-hybridized carbons (Fsp3) is 0.273. The smallest absolute Gasteiger partial charge is 0.407 e. The molecule has 1 amide bonds. The van der Waals surface area contributed by atoms with E-state index in [1.807, 2.05) is 12.1 Å². The van der Waals surface area contributed by atoms with Crippen molar-refractivity contribution < 1.29 is 9.53 Å². The second kappa shape index (κ2) is 4.01. The molecule has 15 heavy (non-hydrogen) atoms. The maximum absolute atomic E-state index is 11.0. The van der Waals surface area contributed by atoms with Gasteiger partial charge in [-0.2, -0.15) is 5.26 Å². The molecular weight excluding hydrogens is 192 g/mol. The standard InChI is InChI=1S/C11H10N2O2/c12-7-8-2-1-3-9(6-8)10-4-5-15-11(14)13-10/h1-3,6,10H,4-5H2,(H,13,14)/t10-/m0/s1. The molecule has 0 aliphatic carbocycles. The van der Waals surface area contributed by atoms with E-state index in [0.29, 0.717) is 12.2 Å². The van der Waals surface area contributed by atoms with E-state index in [-0.39, 0.29) is 6.04 Å². The van der Waals surface area contributed by atoms with E-state index in [1.54, 1.807) is 12.1 Å². The maximum atomic E-state index is 11.0. The molecule has 0 spiro atoms. The van der Waals surface area contributed by atoms with Gasteiger partial charge in [-0.25, -0.2) is 4.79 Å². The first-order valence-corrected chi connectivity index (χ1v) is 4.73. The van der Waals surface area contributed by atoms with E-state index >= 15 is 0 Å². The second-order valence-electron chi connectivity index (χ2n) is 3.36. The van der Waals surface area contributed by atoms with Gasteiger partial charge in [0.1, 0.15) is 0 Å². The molecular formula is C11H10N2O2. The average Bonchev–Trinajstić information content (AvgIpc) is 2.29. The molecule has 1 heterocycles. The van der Waals surface area contributed by atoms with Crippen molar-refractivity contribution in [3.63, 3.8) is 0 Å². The summed E-state index contributed by atoms with van der Waals surface area (Å²) in [6.07, 6.45) is 0.342. The molecule has 0 aromatic heterocycles. The maximum Gasteiger partial charge on any atom is 0.407 e. The van der Waals surface area contributed by atoms with Gasteiger partial charge in [0, 0.05) is 6.42 Å². The Morgan fingerprint density at radius 1 is 1.53 bits per heavy atom. The molecule has 76 valence electrons. The predicted molar refractivity (Wildman–Crippen MR) is 53.0 cm³/mol. The summed E-state index contributed by atoms with van der Waals surface area (Å²) < 4.78 is 4.77. The highest BCUT2D eigenvalue weighted by Crippen LogP contribution is 2.20. The fourth-order valence-electron chi connectivity index (χ4n) is 1.60. The van der Waals surface area contributed by atoms with Crippen molar-refractivity contribution in [2.75, 3.05) is 6.61 Å². The van der Waals surface area contributed by atoms with Crippen LogP contribution in [0.4, 0.5) is 4.79 Å². The molecule has 0 bridgehead atoms. The summed E-state index contributed by atoms with van der Waals surface area (Å²) in [4.78, 5) is 11.0. The molecule has 1 aliphatic heterocycles. The second-order valence-corrected chi connectivity index (χ2v) is 3.36. The number of ether oxygens (including phenoxy) is 1. The lowest BCUT2D eigenvalue weighted by Crippen LogP contribution is -2.35. The Morgan fingerprint density at radius 2 is 2.40 bits per heavy atom. The molecule has 0 unspecified atom stereocenters. The minimum Gasteiger partial charge on any atom is -0.449 e. The predicted octanol–water partition coefficient (Wildman–Crippen LogP) is 1.73. The first-order chi connectivity index (χ1) is 7.29. The van der Waals surface area contributed by atoms with Crippen molar-refractivity contribution in [1.82, 2.24) is 5.32 Å². The van der Waals surface area contributed by atoms with E-state index in [0.717, 1.165) is 12.0 Å². The van der Waals surface area contributed by atoms with Gasteiger partial charge in [-0.3, -0.25) is 0 Å². The van der Waals surface area contributed by atoms with Crippen LogP contribution in [0.2, 0.25) is 0 Å². The van der Waals surface area contributed by atoms with Crippen LogP contribution in [0.25, 0.3) is 0 Å². The van der Waals surface area contributed by atoms with Gasteiger partial charge in [-0.1, -0.05) is 12.1 Å². The highest BCUT2D eigenvalue weighted by molar-refractivity contribution is 5.68. The van der Waals surface area contributed by atoms with Gasteiger partial charge in [0.05, 0.1) is 24.3 Å². The lowest BCUT2D eigenvalue weighted by molar-refractivity contribution is 0.115. The Balaban J connectivity index is 2.21. The molecule has 1 aromatic rings. The number of nitrogens with one attached hydrogen (secondary N) is 1. The Morgan fingerprint density at radius 3 is 3.13 bits per heavy atom. The molecule has 2 rings (SSSR count). The van der Waals surface area contributed by atoms with Gasteiger partial charge < -0.3 is 10.1 Å². The van der Waals surface area contributed by atoms with Gasteiger partial charge in [-0.05, 0) is 17.7 Å². The summed E-state index contributed by atoms with van der Waals surface area (Å²) in [6.45, 7) is 0.424. The monoisotopic (exact) mass is 202 g/mol. The number of nitrogens with zero attached hydrogens (tertiary/aromatic N) is 1. The molecule has 1 aromatic carbocycles. The van der Waals surface area contributed by atoms with Crippen molar-refractivity contribution in [3.8, 4) is 6.07 Å². The fourth-order valence-corrected chi connectivity index (χ4v) is 1.60. The van der Waals surface area contributed by atoms with Crippen molar-refractivity contribution in [2.45, 2.75) is 12.5 Å². The van der Waals surface area contributed by atoms with Crippen LogP contribution in [0.3, 0.4) is 0 Å². The lowest BCUT2D eigenvalue weighted by Gasteiger charge is -2.23. The van der Waals surface area contributed by atoms with Crippen LogP contribution in [0.5, 0.6) is 0 Å². The van der Waals surface area contributed by atoms with Gasteiger partial charge in [0.2, 0.25) is 0 Å². The van der Waals surface area contributed by atoms with Crippen LogP contribution in [0.15, 0.2) is 24.3 Å². The summed E-state index contributed by atoms with van der Waals surface area (Å²) in [5.41, 5.74) is 1.55. The Bertz CT molecular complexity index is 423. The molecule has 4 heteroatoms. The number of hydrogen-bond donors (Lipinski definition) is 1. The molecule has 1 saturated heterocycles. The van der Waals surface area contributed by atoms with Crippen LogP contribution >= 0.6 is 0 Å². The Labute approximate surface area is 87.5 Å². The van der Waals surface area contributed by atoms with Gasteiger partial charge in [-0.15, -0.1) is 0 Å². The van der Waals surface area contributed by atoms with Gasteiger partial charge in [0.15, 0.2) is 0 Å². The molecule has 1 aliphatic rings. The first kappa shape index (κ1) is 9.53. The Hall–Kier alpha value is -2.02. The Kier molecular flexibility index (Phi) is 2.55. The summed E-state index contributed by atoms with van der Waals surface area (Å²) >= 11 is 0. The number of benzene rings is 1. The molecule has 1 N–H and O–H groups in total. The number of cyclic esters (lactones) is 1. The largest absolute Gasteiger partial charge is 0.449 e. The van der Waals surface area contributed by atoms with Crippen LogP contribution in [0, 0.1) is 11.3 Å². The van der Waals surface area contributed by atoms with E-state index in [9.17, 15) is 4.79 Å². The zero-order valence-electron chi connectivity index (χ0n) is 8.06. The van der Waals surface area contributed by atoms with E-state index < -0.39 is 6.09 Å². The highest BCUT2D eigenvalue weighted by Gasteiger charge is 2.20. The molecule has 4 nitrogen and oxygen atoms in total. The minimum absolute atomic E-state index is 0.0421. The first-order valence-electron chi connectivity index (χ1n) is 4.73. The summed E-state index contributed by atoms with van der Waals surface area (Å²) in [6, 6.07) is 9.28. The third-order valence-electron chi connectivity index (χ3n) is 2.35. The lowest BCUT2D eigenvalue weighted by atomic mass is 10.0. The number of alkyl carbamates (subject to hydrolysis) is 1. The van der Waals surface area contributed by atoms with Gasteiger partial charge >= 0.3 is 6.09 Å². The number of hydrogen-bond acceptors (Lipinski definition) is 3. The zero-order valence-corrected chi connectivity index (χ0v) is 8.06. The van der Waals surface area contributed by atoms with E-state index in [1.165, 1.54) is 0 Å². The van der Waals surface area contributed by atoms with Crippen LogP contribution in [-0.2, 0) is 4.74 Å².